The molecule has 8 aromatic carbocycles. The van der Waals surface area contributed by atoms with E-state index in [1.165, 1.54) is 92.8 Å². The van der Waals surface area contributed by atoms with Gasteiger partial charge in [-0.2, -0.15) is 0 Å². The first-order valence-corrected chi connectivity index (χ1v) is 20.4. The van der Waals surface area contributed by atoms with E-state index in [9.17, 15) is 0 Å². The molecule has 0 N–H and O–H groups in total. The molecule has 238 valence electrons. The fourth-order valence-corrected chi connectivity index (χ4v) is 15.6. The topological polar surface area (TPSA) is 3.24 Å². The average Bonchev–Trinajstić information content (AvgIpc) is 3.75. The van der Waals surface area contributed by atoms with Crippen molar-refractivity contribution >= 4 is 92.1 Å². The Labute approximate surface area is 306 Å². The van der Waals surface area contributed by atoms with Gasteiger partial charge in [-0.3, -0.25) is 0 Å². The first-order valence-electron chi connectivity index (χ1n) is 18.4. The molecular weight excluding hydrogens is 640 g/mol. The minimum absolute atomic E-state index is 0.155. The number of rotatable bonds is 4. The van der Waals surface area contributed by atoms with E-state index in [1.54, 1.807) is 0 Å². The van der Waals surface area contributed by atoms with E-state index < -0.39 is 8.07 Å². The van der Waals surface area contributed by atoms with Crippen molar-refractivity contribution < 1.29 is 0 Å². The van der Waals surface area contributed by atoms with Crippen LogP contribution in [0.3, 0.4) is 0 Å². The molecule has 0 bridgehead atoms. The van der Waals surface area contributed by atoms with Gasteiger partial charge >= 0.3 is 0 Å². The molecule has 0 saturated heterocycles. The fourth-order valence-electron chi connectivity index (χ4n) is 10.6. The van der Waals surface area contributed by atoms with Crippen LogP contribution in [0.5, 0.6) is 0 Å². The van der Waals surface area contributed by atoms with Gasteiger partial charge in [0.25, 0.3) is 0 Å². The fraction of sp³-hybridized carbons (Fsp3) is 0. The van der Waals surface area contributed by atoms with Crippen molar-refractivity contribution in [1.29, 1.82) is 0 Å². The summed E-state index contributed by atoms with van der Waals surface area (Å²) in [5.74, 6) is 0. The van der Waals surface area contributed by atoms with Gasteiger partial charge in [-0.15, -0.1) is 0 Å². The van der Waals surface area contributed by atoms with E-state index in [4.69, 9.17) is 0 Å². The molecule has 4 heterocycles. The second-order valence-corrected chi connectivity index (χ2v) is 18.4. The van der Waals surface area contributed by atoms with Gasteiger partial charge in [0.15, 0.2) is 8.07 Å². The molecule has 0 aromatic heterocycles. The Morgan fingerprint density at radius 1 is 0.346 bits per heavy atom. The van der Waals surface area contributed by atoms with Crippen LogP contribution >= 0.6 is 0 Å². The molecule has 8 aromatic rings. The number of nitrogens with zero attached hydrogens (tertiary/aromatic N) is 1. The lowest BCUT2D eigenvalue weighted by Gasteiger charge is -2.43. The van der Waals surface area contributed by atoms with Crippen LogP contribution in [0.4, 0.5) is 17.1 Å². The van der Waals surface area contributed by atoms with Crippen molar-refractivity contribution in [3.63, 3.8) is 0 Å². The summed E-state index contributed by atoms with van der Waals surface area (Å²) in [6.07, 6.45) is 0. The molecule has 0 spiro atoms. The maximum atomic E-state index is 2.65. The predicted octanol–water partition coefficient (Wildman–Crippen LogP) is 4.15. The summed E-state index contributed by atoms with van der Waals surface area (Å²) in [7, 11) is -2.83. The Morgan fingerprint density at radius 2 is 0.808 bits per heavy atom. The van der Waals surface area contributed by atoms with Crippen LogP contribution in [-0.4, -0.2) is 21.5 Å². The molecule has 0 radical (unpaired) electrons. The van der Waals surface area contributed by atoms with E-state index in [0.29, 0.717) is 0 Å². The van der Waals surface area contributed by atoms with Gasteiger partial charge in [0, 0.05) is 17.1 Å². The monoisotopic (exact) mass is 671 g/mol. The molecule has 4 aliphatic heterocycles. The van der Waals surface area contributed by atoms with Crippen molar-refractivity contribution in [3.05, 3.63) is 188 Å². The van der Waals surface area contributed by atoms with Crippen molar-refractivity contribution in [2.75, 3.05) is 4.90 Å². The second kappa shape index (κ2) is 10.5. The van der Waals surface area contributed by atoms with Crippen molar-refractivity contribution in [2.45, 2.75) is 0 Å². The van der Waals surface area contributed by atoms with Crippen molar-refractivity contribution in [2.24, 2.45) is 0 Å². The molecular formula is C48H31B2NSi. The highest BCUT2D eigenvalue weighted by molar-refractivity contribution is 7.21. The number of hydrogen-bond acceptors (Lipinski definition) is 1. The van der Waals surface area contributed by atoms with Crippen LogP contribution < -0.4 is 58.4 Å². The number of para-hydroxylation sites is 1. The molecule has 0 aliphatic carbocycles. The zero-order chi connectivity index (χ0) is 34.0. The molecule has 0 amide bonds. The van der Waals surface area contributed by atoms with E-state index in [0.717, 1.165) is 0 Å². The van der Waals surface area contributed by atoms with Crippen LogP contribution in [0.1, 0.15) is 0 Å². The summed E-state index contributed by atoms with van der Waals surface area (Å²) >= 11 is 0. The molecule has 4 heteroatoms. The number of benzene rings is 8. The first-order chi connectivity index (χ1) is 25.9. The molecule has 0 fully saturated rings. The normalized spacial score (nSPS) is 13.7. The lowest BCUT2D eigenvalue weighted by Crippen LogP contribution is -2.75. The van der Waals surface area contributed by atoms with Crippen LogP contribution in [0.25, 0.3) is 22.3 Å². The third-order valence-corrected chi connectivity index (χ3v) is 17.3. The standard InChI is InChI=1S/C48H31B2NSi/c1-4-16-32(17-5-1)52(33-18-6-2-7-19-33,34-20-8-3-9-21-34)44-31-30-43-47-45(44)37-23-11-13-26-39(37)50(47)41-28-15-27-40-48(41)51(43)42-29-14-24-36-35-22-10-12-25-38(35)49(40)46(36)42/h1-31H. The van der Waals surface area contributed by atoms with Gasteiger partial charge in [0.05, 0.1) is 0 Å². The Hall–Kier alpha value is -6.09. The van der Waals surface area contributed by atoms with Gasteiger partial charge in [-0.05, 0) is 77.0 Å². The van der Waals surface area contributed by atoms with Crippen molar-refractivity contribution in [3.8, 4) is 22.3 Å². The molecule has 0 unspecified atom stereocenters. The van der Waals surface area contributed by atoms with Crippen LogP contribution in [0, 0.1) is 0 Å². The zero-order valence-corrected chi connectivity index (χ0v) is 29.5. The maximum Gasteiger partial charge on any atom is 0.248 e. The summed E-state index contributed by atoms with van der Waals surface area (Å²) in [6.45, 7) is 0.391. The number of fused-ring (bicyclic) bond motifs is 10. The highest BCUT2D eigenvalue weighted by Crippen LogP contribution is 2.43. The molecule has 0 saturated carbocycles. The smallest absolute Gasteiger partial charge is 0.248 e. The minimum atomic E-state index is -2.83. The van der Waals surface area contributed by atoms with Crippen LogP contribution in [-0.2, 0) is 0 Å². The highest BCUT2D eigenvalue weighted by atomic mass is 28.3. The first kappa shape index (κ1) is 28.6. The summed E-state index contributed by atoms with van der Waals surface area (Å²) < 4.78 is 0. The minimum Gasteiger partial charge on any atom is -0.312 e. The number of anilines is 3. The van der Waals surface area contributed by atoms with E-state index in [1.807, 2.05) is 0 Å². The van der Waals surface area contributed by atoms with E-state index in [2.05, 4.69) is 193 Å². The third kappa shape index (κ3) is 3.46. The lowest BCUT2D eigenvalue weighted by molar-refractivity contribution is 1.31. The summed E-state index contributed by atoms with van der Waals surface area (Å²) in [6, 6.07) is 71.7. The molecule has 0 atom stereocenters. The summed E-state index contributed by atoms with van der Waals surface area (Å²) in [5.41, 5.74) is 18.1. The number of hydrogen-bond donors (Lipinski definition) is 0. The zero-order valence-electron chi connectivity index (χ0n) is 28.5. The average molecular weight is 671 g/mol. The van der Waals surface area contributed by atoms with Gasteiger partial charge < -0.3 is 4.90 Å². The quantitative estimate of drug-likeness (QED) is 0.201. The molecule has 4 aliphatic rings. The Kier molecular flexibility index (Phi) is 5.76. The van der Waals surface area contributed by atoms with Crippen LogP contribution in [0.15, 0.2) is 188 Å². The SMILES string of the molecule is c1ccc([Si](c2ccccc2)(c2ccccc2)c2ccc3c4c2-c2ccccc2B4c2cccc4c2N3c2cccc3c2B4c2ccccc2-3)cc1. The molecule has 1 nitrogen and oxygen atoms in total. The maximum absolute atomic E-state index is 2.83. The third-order valence-electron chi connectivity index (χ3n) is 12.4. The van der Waals surface area contributed by atoms with Crippen LogP contribution in [0.2, 0.25) is 0 Å². The Bertz CT molecular complexity index is 2670. The summed E-state index contributed by atoms with van der Waals surface area (Å²) in [5, 5.41) is 5.68. The lowest BCUT2D eigenvalue weighted by atomic mass is 9.32. The van der Waals surface area contributed by atoms with Gasteiger partial charge in [0.2, 0.25) is 13.4 Å². The Balaban J connectivity index is 1.23. The van der Waals surface area contributed by atoms with Gasteiger partial charge in [-0.1, -0.05) is 187 Å². The van der Waals surface area contributed by atoms with Gasteiger partial charge in [0.1, 0.15) is 0 Å². The van der Waals surface area contributed by atoms with E-state index >= 15 is 0 Å². The Morgan fingerprint density at radius 3 is 1.44 bits per heavy atom. The molecule has 12 rings (SSSR count). The largest absolute Gasteiger partial charge is 0.312 e. The second-order valence-electron chi connectivity index (χ2n) is 14.7. The predicted molar refractivity (Wildman–Crippen MR) is 225 cm³/mol. The van der Waals surface area contributed by atoms with Gasteiger partial charge in [-0.25, -0.2) is 0 Å². The highest BCUT2D eigenvalue weighted by Gasteiger charge is 2.52. The van der Waals surface area contributed by atoms with Crippen molar-refractivity contribution in [1.82, 2.24) is 0 Å². The van der Waals surface area contributed by atoms with E-state index in [-0.39, 0.29) is 13.4 Å². The molecule has 52 heavy (non-hydrogen) atoms. The summed E-state index contributed by atoms with van der Waals surface area (Å²) in [4.78, 5) is 2.65.